The molecule has 24 heavy (non-hydrogen) atoms. The van der Waals surface area contributed by atoms with Crippen LogP contribution in [0.5, 0.6) is 0 Å². The number of dihydropyridines is 1. The molecule has 0 saturated heterocycles. The molecule has 6 nitrogen and oxygen atoms in total. The summed E-state index contributed by atoms with van der Waals surface area (Å²) in [7, 11) is 0. The molecule has 6 heteroatoms. The van der Waals surface area contributed by atoms with Crippen LogP contribution in [0.3, 0.4) is 0 Å². The van der Waals surface area contributed by atoms with E-state index in [1.165, 1.54) is 0 Å². The Morgan fingerprint density at radius 3 is 1.88 bits per heavy atom. The fraction of sp³-hybridized carbons (Fsp3) is 0.389. The third-order valence-corrected chi connectivity index (χ3v) is 3.79. The van der Waals surface area contributed by atoms with Crippen molar-refractivity contribution in [2.45, 2.75) is 33.6 Å². The van der Waals surface area contributed by atoms with E-state index in [9.17, 15) is 9.59 Å². The van der Waals surface area contributed by atoms with Crippen LogP contribution >= 0.6 is 0 Å². The zero-order valence-corrected chi connectivity index (χ0v) is 14.4. The highest BCUT2D eigenvalue weighted by Gasteiger charge is 2.37. The number of nitrogens with one attached hydrogen (secondary N) is 1. The first-order valence-corrected chi connectivity index (χ1v) is 7.93. The second kappa shape index (κ2) is 7.77. The highest BCUT2D eigenvalue weighted by Crippen LogP contribution is 2.38. The van der Waals surface area contributed by atoms with Gasteiger partial charge in [0.1, 0.15) is 0 Å². The molecule has 0 amide bonds. The Hall–Kier alpha value is -2.63. The van der Waals surface area contributed by atoms with Gasteiger partial charge in [-0.3, -0.25) is 4.98 Å². The van der Waals surface area contributed by atoms with Gasteiger partial charge in [0.15, 0.2) is 0 Å². The van der Waals surface area contributed by atoms with Crippen LogP contribution in [-0.2, 0) is 19.1 Å². The summed E-state index contributed by atoms with van der Waals surface area (Å²) in [6.45, 7) is 7.61. The summed E-state index contributed by atoms with van der Waals surface area (Å²) < 4.78 is 10.4. The van der Waals surface area contributed by atoms with E-state index >= 15 is 0 Å². The lowest BCUT2D eigenvalue weighted by atomic mass is 9.81. The highest BCUT2D eigenvalue weighted by molar-refractivity contribution is 5.99. The van der Waals surface area contributed by atoms with Crippen LogP contribution in [0.2, 0.25) is 0 Å². The number of ether oxygens (including phenoxy) is 2. The molecule has 1 aromatic heterocycles. The maximum atomic E-state index is 12.5. The van der Waals surface area contributed by atoms with E-state index in [1.54, 1.807) is 52.2 Å². The van der Waals surface area contributed by atoms with Crippen LogP contribution in [0, 0.1) is 0 Å². The second-order valence-electron chi connectivity index (χ2n) is 5.36. The van der Waals surface area contributed by atoms with E-state index < -0.39 is 17.9 Å². The SMILES string of the molecule is CCOC(=O)C1=C(C)NC(C)=C(C(=O)OCC)C1c1ccncc1. The van der Waals surface area contributed by atoms with Crippen molar-refractivity contribution in [1.29, 1.82) is 0 Å². The molecule has 0 aromatic carbocycles. The lowest BCUT2D eigenvalue weighted by molar-refractivity contribution is -0.139. The van der Waals surface area contributed by atoms with Gasteiger partial charge in [0.25, 0.3) is 0 Å². The quantitative estimate of drug-likeness (QED) is 0.836. The van der Waals surface area contributed by atoms with E-state index in [2.05, 4.69) is 10.3 Å². The van der Waals surface area contributed by atoms with Crippen molar-refractivity contribution in [2.24, 2.45) is 0 Å². The van der Waals surface area contributed by atoms with E-state index in [4.69, 9.17) is 9.47 Å². The summed E-state index contributed by atoms with van der Waals surface area (Å²) in [4.78, 5) is 29.0. The number of carbonyl (C=O) groups is 2. The van der Waals surface area contributed by atoms with Gasteiger partial charge >= 0.3 is 11.9 Å². The largest absolute Gasteiger partial charge is 0.463 e. The molecular formula is C18H22N2O4. The number of esters is 2. The standard InChI is InChI=1S/C18H22N2O4/c1-5-23-17(21)14-11(3)20-12(4)15(18(22)24-6-2)16(14)13-7-9-19-10-8-13/h7-10,16,20H,5-6H2,1-4H3. The molecule has 0 aliphatic carbocycles. The maximum absolute atomic E-state index is 12.5. The summed E-state index contributed by atoms with van der Waals surface area (Å²) in [5, 5.41) is 3.10. The monoisotopic (exact) mass is 330 g/mol. The minimum absolute atomic E-state index is 0.260. The summed E-state index contributed by atoms with van der Waals surface area (Å²) in [5.41, 5.74) is 2.95. The molecule has 0 spiro atoms. The van der Waals surface area contributed by atoms with Crippen molar-refractivity contribution in [1.82, 2.24) is 10.3 Å². The summed E-state index contributed by atoms with van der Waals surface area (Å²) >= 11 is 0. The molecule has 0 fully saturated rings. The van der Waals surface area contributed by atoms with E-state index in [1.807, 2.05) is 0 Å². The fourth-order valence-corrected chi connectivity index (χ4v) is 2.84. The van der Waals surface area contributed by atoms with Crippen LogP contribution in [-0.4, -0.2) is 30.1 Å². The van der Waals surface area contributed by atoms with E-state index in [0.717, 1.165) is 5.56 Å². The first-order valence-electron chi connectivity index (χ1n) is 7.93. The van der Waals surface area contributed by atoms with Gasteiger partial charge in [-0.2, -0.15) is 0 Å². The Balaban J connectivity index is 2.59. The molecule has 0 atom stereocenters. The fourth-order valence-electron chi connectivity index (χ4n) is 2.84. The van der Waals surface area contributed by atoms with Gasteiger partial charge in [0, 0.05) is 23.8 Å². The van der Waals surface area contributed by atoms with Gasteiger partial charge in [-0.25, -0.2) is 9.59 Å². The summed E-state index contributed by atoms with van der Waals surface area (Å²) in [5.74, 6) is -1.44. The number of hydrogen-bond acceptors (Lipinski definition) is 6. The zero-order chi connectivity index (χ0) is 17.7. The van der Waals surface area contributed by atoms with E-state index in [-0.39, 0.29) is 13.2 Å². The molecule has 2 heterocycles. The molecule has 1 aliphatic heterocycles. The minimum Gasteiger partial charge on any atom is -0.463 e. The summed E-state index contributed by atoms with van der Waals surface area (Å²) in [6.07, 6.45) is 3.27. The average Bonchev–Trinajstić information content (AvgIpc) is 2.55. The Labute approximate surface area is 141 Å². The predicted octanol–water partition coefficient (Wildman–Crippen LogP) is 2.44. The van der Waals surface area contributed by atoms with Crippen LogP contribution in [0.25, 0.3) is 0 Å². The van der Waals surface area contributed by atoms with Crippen LogP contribution in [0.1, 0.15) is 39.2 Å². The first-order chi connectivity index (χ1) is 11.5. The van der Waals surface area contributed by atoms with Gasteiger partial charge in [-0.05, 0) is 45.4 Å². The molecule has 0 radical (unpaired) electrons. The summed E-state index contributed by atoms with van der Waals surface area (Å²) in [6, 6.07) is 3.57. The molecular weight excluding hydrogens is 308 g/mol. The average molecular weight is 330 g/mol. The van der Waals surface area contributed by atoms with Gasteiger partial charge in [0.2, 0.25) is 0 Å². The van der Waals surface area contributed by atoms with Crippen molar-refractivity contribution in [3.63, 3.8) is 0 Å². The van der Waals surface area contributed by atoms with Crippen molar-refractivity contribution >= 4 is 11.9 Å². The Morgan fingerprint density at radius 1 is 1.00 bits per heavy atom. The molecule has 0 bridgehead atoms. The molecule has 1 aromatic rings. The topological polar surface area (TPSA) is 77.5 Å². The molecule has 1 aliphatic rings. The molecule has 0 unspecified atom stereocenters. The van der Waals surface area contributed by atoms with Crippen molar-refractivity contribution < 1.29 is 19.1 Å². The number of rotatable bonds is 5. The number of hydrogen-bond donors (Lipinski definition) is 1. The number of allylic oxidation sites excluding steroid dienone is 2. The molecule has 2 rings (SSSR count). The normalized spacial score (nSPS) is 15.2. The van der Waals surface area contributed by atoms with Crippen molar-refractivity contribution in [2.75, 3.05) is 13.2 Å². The van der Waals surface area contributed by atoms with Gasteiger partial charge in [0.05, 0.1) is 30.3 Å². The van der Waals surface area contributed by atoms with E-state index in [0.29, 0.717) is 22.5 Å². The number of pyridine rings is 1. The zero-order valence-electron chi connectivity index (χ0n) is 14.4. The Bertz CT molecular complexity index is 652. The van der Waals surface area contributed by atoms with Gasteiger partial charge in [-0.15, -0.1) is 0 Å². The lowest BCUT2D eigenvalue weighted by Crippen LogP contribution is -2.32. The third kappa shape index (κ3) is 3.48. The molecule has 1 N–H and O–H groups in total. The minimum atomic E-state index is -0.549. The Morgan fingerprint density at radius 2 is 1.46 bits per heavy atom. The number of nitrogens with zero attached hydrogens (tertiary/aromatic N) is 1. The second-order valence-corrected chi connectivity index (χ2v) is 5.36. The Kier molecular flexibility index (Phi) is 5.73. The van der Waals surface area contributed by atoms with Crippen LogP contribution in [0.4, 0.5) is 0 Å². The van der Waals surface area contributed by atoms with Crippen LogP contribution < -0.4 is 5.32 Å². The molecule has 128 valence electrons. The lowest BCUT2D eigenvalue weighted by Gasteiger charge is -2.30. The number of aromatic nitrogens is 1. The highest BCUT2D eigenvalue weighted by atomic mass is 16.5. The maximum Gasteiger partial charge on any atom is 0.336 e. The van der Waals surface area contributed by atoms with Crippen molar-refractivity contribution in [3.8, 4) is 0 Å². The molecule has 0 saturated carbocycles. The third-order valence-electron chi connectivity index (χ3n) is 3.79. The van der Waals surface area contributed by atoms with Crippen LogP contribution in [0.15, 0.2) is 47.1 Å². The first kappa shape index (κ1) is 17.7. The van der Waals surface area contributed by atoms with Gasteiger partial charge < -0.3 is 14.8 Å². The van der Waals surface area contributed by atoms with Crippen molar-refractivity contribution in [3.05, 3.63) is 52.6 Å². The smallest absolute Gasteiger partial charge is 0.336 e. The van der Waals surface area contributed by atoms with Gasteiger partial charge in [-0.1, -0.05) is 0 Å². The number of carbonyl (C=O) groups excluding carboxylic acids is 2. The predicted molar refractivity (Wildman–Crippen MR) is 88.8 cm³/mol.